The van der Waals surface area contributed by atoms with E-state index in [4.69, 9.17) is 4.74 Å². The Bertz CT molecular complexity index is 819. The average Bonchev–Trinajstić information content (AvgIpc) is 2.62. The zero-order valence-corrected chi connectivity index (χ0v) is 13.2. The Balaban J connectivity index is 2.12. The molecular formula is C17H16N4O3. The van der Waals surface area contributed by atoms with Crippen LogP contribution in [-0.2, 0) is 4.74 Å². The summed E-state index contributed by atoms with van der Waals surface area (Å²) in [5, 5.41) is 21.5. The Morgan fingerprint density at radius 3 is 2.92 bits per heavy atom. The third-order valence-electron chi connectivity index (χ3n) is 4.30. The fourth-order valence-electron chi connectivity index (χ4n) is 3.02. The van der Waals surface area contributed by atoms with Crippen LogP contribution in [0, 0.1) is 28.4 Å². The molecule has 7 heteroatoms. The fourth-order valence-corrected chi connectivity index (χ4v) is 3.02. The Morgan fingerprint density at radius 2 is 2.29 bits per heavy atom. The summed E-state index contributed by atoms with van der Waals surface area (Å²) in [6.07, 6.45) is 5.54. The molecule has 24 heavy (non-hydrogen) atoms. The minimum Gasteiger partial charge on any atom is -0.377 e. The van der Waals surface area contributed by atoms with Crippen molar-refractivity contribution in [3.8, 4) is 6.07 Å². The summed E-state index contributed by atoms with van der Waals surface area (Å²) in [5.74, 6) is 0. The van der Waals surface area contributed by atoms with E-state index in [1.807, 2.05) is 19.1 Å². The molecule has 0 N–H and O–H groups in total. The van der Waals surface area contributed by atoms with Crippen LogP contribution in [0.3, 0.4) is 0 Å². The van der Waals surface area contributed by atoms with Gasteiger partial charge in [0.1, 0.15) is 5.71 Å². The van der Waals surface area contributed by atoms with E-state index in [1.54, 1.807) is 24.5 Å². The quantitative estimate of drug-likeness (QED) is 0.628. The van der Waals surface area contributed by atoms with E-state index in [2.05, 4.69) is 9.98 Å². The van der Waals surface area contributed by atoms with Crippen LogP contribution in [0.2, 0.25) is 0 Å². The molecule has 7 nitrogen and oxygen atoms in total. The van der Waals surface area contributed by atoms with E-state index in [0.29, 0.717) is 25.2 Å². The van der Waals surface area contributed by atoms with Crippen molar-refractivity contribution in [2.75, 3.05) is 13.2 Å². The van der Waals surface area contributed by atoms with Crippen LogP contribution in [0.1, 0.15) is 24.1 Å². The lowest BCUT2D eigenvalue weighted by molar-refractivity contribution is -0.529. The van der Waals surface area contributed by atoms with E-state index in [1.165, 1.54) is 0 Å². The first kappa shape index (κ1) is 16.0. The van der Waals surface area contributed by atoms with Crippen molar-refractivity contribution in [3.05, 3.63) is 57.6 Å². The Hall–Kier alpha value is -2.85. The number of pyridine rings is 1. The largest absolute Gasteiger partial charge is 0.377 e. The molecule has 0 aromatic carbocycles. The first-order chi connectivity index (χ1) is 11.6. The number of nitriles is 1. The summed E-state index contributed by atoms with van der Waals surface area (Å²) in [5.41, 5.74) is 1.25. The lowest BCUT2D eigenvalue weighted by Crippen LogP contribution is -2.47. The third-order valence-corrected chi connectivity index (χ3v) is 4.30. The monoisotopic (exact) mass is 324 g/mol. The number of rotatable bonds is 3. The molecule has 0 bridgehead atoms. The maximum Gasteiger partial charge on any atom is 0.351 e. The number of aryl methyl sites for hydroxylation is 1. The molecule has 3 heterocycles. The Kier molecular flexibility index (Phi) is 4.23. The van der Waals surface area contributed by atoms with Gasteiger partial charge in [-0.2, -0.15) is 5.26 Å². The summed E-state index contributed by atoms with van der Waals surface area (Å²) < 4.78 is 5.25. The van der Waals surface area contributed by atoms with Gasteiger partial charge in [0.25, 0.3) is 0 Å². The lowest BCUT2D eigenvalue weighted by atomic mass is 9.79. The van der Waals surface area contributed by atoms with Crippen molar-refractivity contribution in [3.63, 3.8) is 0 Å². The van der Waals surface area contributed by atoms with Gasteiger partial charge < -0.3 is 4.74 Å². The first-order valence-electron chi connectivity index (χ1n) is 7.60. The van der Waals surface area contributed by atoms with Crippen molar-refractivity contribution < 1.29 is 9.66 Å². The molecule has 0 spiro atoms. The van der Waals surface area contributed by atoms with Gasteiger partial charge in [0.15, 0.2) is 6.07 Å². The van der Waals surface area contributed by atoms with Gasteiger partial charge in [0, 0.05) is 28.6 Å². The predicted molar refractivity (Wildman–Crippen MR) is 87.9 cm³/mol. The van der Waals surface area contributed by atoms with Gasteiger partial charge in [-0.05, 0) is 30.6 Å². The van der Waals surface area contributed by atoms with E-state index in [0.717, 1.165) is 16.8 Å². The van der Waals surface area contributed by atoms with Gasteiger partial charge in [-0.3, -0.25) is 20.1 Å². The number of hydrogen-bond acceptors (Lipinski definition) is 6. The van der Waals surface area contributed by atoms with Crippen molar-refractivity contribution in [1.82, 2.24) is 4.98 Å². The molecule has 0 aliphatic carbocycles. The number of aliphatic imine (C=N–C) groups is 1. The van der Waals surface area contributed by atoms with Crippen LogP contribution in [0.4, 0.5) is 0 Å². The van der Waals surface area contributed by atoms with Gasteiger partial charge in [-0.25, -0.2) is 0 Å². The Labute approximate surface area is 139 Å². The molecule has 0 saturated carbocycles. The van der Waals surface area contributed by atoms with Crippen LogP contribution in [0.25, 0.3) is 5.57 Å². The van der Waals surface area contributed by atoms with Gasteiger partial charge in [-0.15, -0.1) is 0 Å². The average molecular weight is 324 g/mol. The molecule has 0 radical (unpaired) electrons. The number of nitro groups is 1. The van der Waals surface area contributed by atoms with Gasteiger partial charge in [-0.1, -0.05) is 12.1 Å². The molecule has 2 aliphatic heterocycles. The van der Waals surface area contributed by atoms with E-state index < -0.39 is 10.5 Å². The minimum absolute atomic E-state index is 0.0277. The topological polar surface area (TPSA) is 101 Å². The van der Waals surface area contributed by atoms with Crippen LogP contribution in [-0.4, -0.2) is 34.4 Å². The van der Waals surface area contributed by atoms with Crippen LogP contribution >= 0.6 is 0 Å². The SMILES string of the molecule is Cc1ncccc1C1=CN=C(C2=CCOCC2)C(C#N)([N+](=O)[O-])C1. The smallest absolute Gasteiger partial charge is 0.351 e. The van der Waals surface area contributed by atoms with Crippen LogP contribution in [0.15, 0.2) is 41.2 Å². The molecule has 0 saturated heterocycles. The van der Waals surface area contributed by atoms with Crippen molar-refractivity contribution in [2.45, 2.75) is 25.3 Å². The summed E-state index contributed by atoms with van der Waals surface area (Å²) >= 11 is 0. The zero-order chi connectivity index (χ0) is 17.2. The van der Waals surface area contributed by atoms with Gasteiger partial charge in [0.2, 0.25) is 0 Å². The predicted octanol–water partition coefficient (Wildman–Crippen LogP) is 2.46. The molecular weight excluding hydrogens is 308 g/mol. The normalized spacial score (nSPS) is 23.6. The highest BCUT2D eigenvalue weighted by Gasteiger charge is 2.52. The molecule has 1 atom stereocenters. The highest BCUT2D eigenvalue weighted by Crippen LogP contribution is 2.36. The first-order valence-corrected chi connectivity index (χ1v) is 7.60. The van der Waals surface area contributed by atoms with Gasteiger partial charge in [0.05, 0.1) is 19.6 Å². The van der Waals surface area contributed by atoms with Crippen LogP contribution < -0.4 is 0 Å². The molecule has 3 rings (SSSR count). The fraction of sp³-hybridized carbons (Fsp3) is 0.353. The van der Waals surface area contributed by atoms with Gasteiger partial charge >= 0.3 is 5.54 Å². The minimum atomic E-state index is -1.88. The lowest BCUT2D eigenvalue weighted by Gasteiger charge is -2.27. The molecule has 1 aromatic rings. The summed E-state index contributed by atoms with van der Waals surface area (Å²) in [6.45, 7) is 2.69. The summed E-state index contributed by atoms with van der Waals surface area (Å²) in [7, 11) is 0. The summed E-state index contributed by atoms with van der Waals surface area (Å²) in [6, 6.07) is 5.52. The molecule has 0 amide bonds. The number of hydrogen-bond donors (Lipinski definition) is 0. The molecule has 1 unspecified atom stereocenters. The van der Waals surface area contributed by atoms with E-state index >= 15 is 0 Å². The molecule has 122 valence electrons. The van der Waals surface area contributed by atoms with Crippen molar-refractivity contribution in [1.29, 1.82) is 5.26 Å². The second-order valence-corrected chi connectivity index (χ2v) is 5.73. The highest BCUT2D eigenvalue weighted by atomic mass is 16.6. The Morgan fingerprint density at radius 1 is 1.46 bits per heavy atom. The van der Waals surface area contributed by atoms with Crippen LogP contribution in [0.5, 0.6) is 0 Å². The standard InChI is InChI=1S/C17H16N4O3/c1-12-15(3-2-6-19-12)14-9-17(11-18,21(22)23)16(20-10-14)13-4-7-24-8-5-13/h2-4,6,10H,5,7-9H2,1H3. The number of aromatic nitrogens is 1. The highest BCUT2D eigenvalue weighted by molar-refractivity contribution is 6.10. The molecule has 0 fully saturated rings. The second-order valence-electron chi connectivity index (χ2n) is 5.73. The maximum absolute atomic E-state index is 11.8. The number of nitrogens with zero attached hydrogens (tertiary/aromatic N) is 4. The summed E-state index contributed by atoms with van der Waals surface area (Å²) in [4.78, 5) is 19.8. The van der Waals surface area contributed by atoms with Crippen molar-refractivity contribution >= 4 is 11.3 Å². The second kappa shape index (κ2) is 6.34. The van der Waals surface area contributed by atoms with E-state index in [-0.39, 0.29) is 12.1 Å². The maximum atomic E-state index is 11.8. The zero-order valence-electron chi connectivity index (χ0n) is 13.2. The molecule has 1 aromatic heterocycles. The third kappa shape index (κ3) is 2.61. The van der Waals surface area contributed by atoms with Crippen molar-refractivity contribution in [2.24, 2.45) is 4.99 Å². The number of ether oxygens (including phenoxy) is 1. The molecule has 2 aliphatic rings. The van der Waals surface area contributed by atoms with E-state index in [9.17, 15) is 15.4 Å².